The summed E-state index contributed by atoms with van der Waals surface area (Å²) in [6.45, 7) is 0. The number of nitro benzene ring substituents is 1. The predicted molar refractivity (Wildman–Crippen MR) is 78.3 cm³/mol. The Morgan fingerprint density at radius 3 is 2.42 bits per heavy atom. The highest BCUT2D eigenvalue weighted by Crippen LogP contribution is 2.43. The molecule has 1 atom stereocenters. The molecule has 1 aliphatic rings. The van der Waals surface area contributed by atoms with Gasteiger partial charge in [-0.1, -0.05) is 52.3 Å². The average Bonchev–Trinajstić information content (AvgIpc) is 2.74. The van der Waals surface area contributed by atoms with Gasteiger partial charge in [0, 0.05) is 22.5 Å². The zero-order chi connectivity index (χ0) is 13.4. The SMILES string of the molecule is O=[N+]([O-])c1ccc(C2C(Br)=Cc3ccccc32)cc1. The molecule has 1 aliphatic carbocycles. The van der Waals surface area contributed by atoms with Gasteiger partial charge in [-0.2, -0.15) is 0 Å². The van der Waals surface area contributed by atoms with E-state index in [1.807, 2.05) is 24.3 Å². The van der Waals surface area contributed by atoms with E-state index in [0.29, 0.717) is 0 Å². The molecule has 3 nitrogen and oxygen atoms in total. The van der Waals surface area contributed by atoms with Crippen molar-refractivity contribution in [3.8, 4) is 0 Å². The topological polar surface area (TPSA) is 43.1 Å². The third-order valence-corrected chi connectivity index (χ3v) is 4.00. The smallest absolute Gasteiger partial charge is 0.258 e. The van der Waals surface area contributed by atoms with Gasteiger partial charge in [-0.05, 0) is 22.8 Å². The fourth-order valence-corrected chi connectivity index (χ4v) is 3.17. The van der Waals surface area contributed by atoms with Gasteiger partial charge in [0.2, 0.25) is 0 Å². The molecule has 0 amide bonds. The van der Waals surface area contributed by atoms with E-state index in [9.17, 15) is 10.1 Å². The van der Waals surface area contributed by atoms with Crippen molar-refractivity contribution in [1.29, 1.82) is 0 Å². The molecule has 2 aromatic carbocycles. The summed E-state index contributed by atoms with van der Waals surface area (Å²) < 4.78 is 1.09. The van der Waals surface area contributed by atoms with Crippen molar-refractivity contribution in [2.45, 2.75) is 5.92 Å². The summed E-state index contributed by atoms with van der Waals surface area (Å²) in [5.41, 5.74) is 3.59. The zero-order valence-corrected chi connectivity index (χ0v) is 11.5. The number of allylic oxidation sites excluding steroid dienone is 1. The van der Waals surface area contributed by atoms with Gasteiger partial charge in [0.25, 0.3) is 5.69 Å². The van der Waals surface area contributed by atoms with Crippen LogP contribution < -0.4 is 0 Å². The van der Waals surface area contributed by atoms with Crippen molar-refractivity contribution in [3.05, 3.63) is 79.8 Å². The highest BCUT2D eigenvalue weighted by atomic mass is 79.9. The van der Waals surface area contributed by atoms with E-state index >= 15 is 0 Å². The maximum Gasteiger partial charge on any atom is 0.269 e. The second-order valence-electron chi connectivity index (χ2n) is 4.44. The Hall–Kier alpha value is -1.94. The molecule has 0 fully saturated rings. The summed E-state index contributed by atoms with van der Waals surface area (Å²) in [6, 6.07) is 14.9. The zero-order valence-electron chi connectivity index (χ0n) is 9.92. The first-order chi connectivity index (χ1) is 9.16. The lowest BCUT2D eigenvalue weighted by molar-refractivity contribution is -0.384. The molecule has 94 valence electrons. The average molecular weight is 316 g/mol. The lowest BCUT2D eigenvalue weighted by Crippen LogP contribution is -1.98. The first-order valence-electron chi connectivity index (χ1n) is 5.87. The first kappa shape index (κ1) is 12.1. The van der Waals surface area contributed by atoms with Gasteiger partial charge in [-0.25, -0.2) is 0 Å². The van der Waals surface area contributed by atoms with E-state index in [0.717, 1.165) is 10.0 Å². The molecule has 0 radical (unpaired) electrons. The summed E-state index contributed by atoms with van der Waals surface area (Å²) >= 11 is 3.60. The Morgan fingerprint density at radius 2 is 1.74 bits per heavy atom. The van der Waals surface area contributed by atoms with Gasteiger partial charge in [0.1, 0.15) is 0 Å². The number of halogens is 1. The number of nitrogens with zero attached hydrogens (tertiary/aromatic N) is 1. The number of fused-ring (bicyclic) bond motifs is 1. The second kappa shape index (κ2) is 4.63. The maximum atomic E-state index is 10.7. The molecule has 0 N–H and O–H groups in total. The summed E-state index contributed by atoms with van der Waals surface area (Å²) in [5, 5.41) is 10.7. The van der Waals surface area contributed by atoms with Gasteiger partial charge in [0.05, 0.1) is 4.92 Å². The van der Waals surface area contributed by atoms with Crippen LogP contribution in [0.1, 0.15) is 22.6 Å². The fourth-order valence-electron chi connectivity index (χ4n) is 2.41. The maximum absolute atomic E-state index is 10.7. The van der Waals surface area contributed by atoms with E-state index in [-0.39, 0.29) is 16.5 Å². The number of rotatable bonds is 2. The Balaban J connectivity index is 2.03. The number of hydrogen-bond acceptors (Lipinski definition) is 2. The van der Waals surface area contributed by atoms with Gasteiger partial charge < -0.3 is 0 Å². The van der Waals surface area contributed by atoms with E-state index in [4.69, 9.17) is 0 Å². The normalized spacial score (nSPS) is 16.9. The second-order valence-corrected chi connectivity index (χ2v) is 5.36. The lowest BCUT2D eigenvalue weighted by atomic mass is 9.93. The molecule has 0 saturated carbocycles. The quantitative estimate of drug-likeness (QED) is 0.606. The van der Waals surface area contributed by atoms with Crippen LogP contribution in [0.15, 0.2) is 53.0 Å². The van der Waals surface area contributed by atoms with E-state index < -0.39 is 0 Å². The van der Waals surface area contributed by atoms with E-state index in [1.165, 1.54) is 11.1 Å². The number of non-ortho nitro benzene ring substituents is 1. The van der Waals surface area contributed by atoms with Crippen molar-refractivity contribution in [3.63, 3.8) is 0 Å². The molecule has 2 aromatic rings. The summed E-state index contributed by atoms with van der Waals surface area (Å²) in [6.07, 6.45) is 2.10. The molecule has 3 rings (SSSR count). The number of hydrogen-bond donors (Lipinski definition) is 0. The largest absolute Gasteiger partial charge is 0.269 e. The van der Waals surface area contributed by atoms with Crippen LogP contribution in [0.25, 0.3) is 6.08 Å². The van der Waals surface area contributed by atoms with Gasteiger partial charge in [0.15, 0.2) is 0 Å². The van der Waals surface area contributed by atoms with Crippen molar-refractivity contribution in [1.82, 2.24) is 0 Å². The molecule has 0 saturated heterocycles. The predicted octanol–water partition coefficient (Wildman–Crippen LogP) is 4.48. The van der Waals surface area contributed by atoms with Crippen molar-refractivity contribution >= 4 is 27.7 Å². The Labute approximate surface area is 118 Å². The highest BCUT2D eigenvalue weighted by Gasteiger charge is 2.25. The van der Waals surface area contributed by atoms with E-state index in [2.05, 4.69) is 34.1 Å². The van der Waals surface area contributed by atoms with Crippen LogP contribution in [0.4, 0.5) is 5.69 Å². The van der Waals surface area contributed by atoms with E-state index in [1.54, 1.807) is 12.1 Å². The molecule has 19 heavy (non-hydrogen) atoms. The number of nitro groups is 1. The van der Waals surface area contributed by atoms with Crippen molar-refractivity contribution in [2.24, 2.45) is 0 Å². The Kier molecular flexibility index (Phi) is 2.95. The van der Waals surface area contributed by atoms with Crippen LogP contribution in [-0.2, 0) is 0 Å². The van der Waals surface area contributed by atoms with Crippen molar-refractivity contribution in [2.75, 3.05) is 0 Å². The van der Waals surface area contributed by atoms with Crippen LogP contribution in [0.2, 0.25) is 0 Å². The minimum Gasteiger partial charge on any atom is -0.258 e. The molecule has 1 unspecified atom stereocenters. The molecule has 0 aliphatic heterocycles. The minimum absolute atomic E-state index is 0.120. The van der Waals surface area contributed by atoms with Gasteiger partial charge in [-0.15, -0.1) is 0 Å². The molecule has 0 spiro atoms. The highest BCUT2D eigenvalue weighted by molar-refractivity contribution is 9.11. The summed E-state index contributed by atoms with van der Waals surface area (Å²) in [7, 11) is 0. The molecule has 0 bridgehead atoms. The van der Waals surface area contributed by atoms with Crippen LogP contribution in [0, 0.1) is 10.1 Å². The summed E-state index contributed by atoms with van der Waals surface area (Å²) in [4.78, 5) is 10.3. The third kappa shape index (κ3) is 2.08. The number of benzene rings is 2. The van der Waals surface area contributed by atoms with Gasteiger partial charge in [-0.3, -0.25) is 10.1 Å². The Morgan fingerprint density at radius 1 is 1.05 bits per heavy atom. The first-order valence-corrected chi connectivity index (χ1v) is 6.66. The van der Waals surface area contributed by atoms with Gasteiger partial charge >= 0.3 is 0 Å². The molecule has 0 aromatic heterocycles. The molecular formula is C15H10BrNO2. The molecular weight excluding hydrogens is 306 g/mol. The molecule has 4 heteroatoms. The van der Waals surface area contributed by atoms with Crippen LogP contribution in [-0.4, -0.2) is 4.92 Å². The fraction of sp³-hybridized carbons (Fsp3) is 0.0667. The van der Waals surface area contributed by atoms with Crippen LogP contribution in [0.3, 0.4) is 0 Å². The third-order valence-electron chi connectivity index (χ3n) is 3.31. The van der Waals surface area contributed by atoms with Crippen molar-refractivity contribution < 1.29 is 4.92 Å². The Bertz CT molecular complexity index is 677. The minimum atomic E-state index is -0.378. The monoisotopic (exact) mass is 315 g/mol. The van der Waals surface area contributed by atoms with Crippen LogP contribution >= 0.6 is 15.9 Å². The standard InChI is InChI=1S/C15H10BrNO2/c16-14-9-11-3-1-2-4-13(11)15(14)10-5-7-12(8-6-10)17(18)19/h1-9,15H. The van der Waals surface area contributed by atoms with Crippen LogP contribution in [0.5, 0.6) is 0 Å². The lowest BCUT2D eigenvalue weighted by Gasteiger charge is -2.13. The molecule has 0 heterocycles. The summed E-state index contributed by atoms with van der Waals surface area (Å²) in [5.74, 6) is 0.136.